The van der Waals surface area contributed by atoms with Crippen LogP contribution in [0.3, 0.4) is 0 Å². The van der Waals surface area contributed by atoms with Gasteiger partial charge in [-0.3, -0.25) is 9.59 Å². The van der Waals surface area contributed by atoms with E-state index in [1.54, 1.807) is 4.52 Å². The van der Waals surface area contributed by atoms with Gasteiger partial charge in [-0.05, 0) is 12.8 Å². The maximum Gasteiger partial charge on any atom is 0.303 e. The Morgan fingerprint density at radius 3 is 2.54 bits per heavy atom. The number of rotatable bonds is 4. The van der Waals surface area contributed by atoms with Crippen LogP contribution in [-0.2, 0) is 4.79 Å². The van der Waals surface area contributed by atoms with Crippen LogP contribution in [0.1, 0.15) is 63.0 Å². The summed E-state index contributed by atoms with van der Waals surface area (Å²) in [5.41, 5.74) is 0.825. The number of nitrogens with zero attached hydrogens (tertiary/aromatic N) is 3. The van der Waals surface area contributed by atoms with Crippen molar-refractivity contribution in [2.75, 3.05) is 0 Å². The van der Waals surface area contributed by atoms with Gasteiger partial charge in [0.1, 0.15) is 17.3 Å². The molecule has 24 heavy (non-hydrogen) atoms. The second kappa shape index (κ2) is 6.98. The van der Waals surface area contributed by atoms with Crippen LogP contribution in [0, 0.1) is 0 Å². The molecule has 1 aliphatic carbocycles. The topological polar surface area (TPSA) is 105 Å². The predicted molar refractivity (Wildman–Crippen MR) is 87.8 cm³/mol. The van der Waals surface area contributed by atoms with Gasteiger partial charge in [0.05, 0.1) is 12.1 Å². The number of hydrogen-bond acceptors (Lipinski definition) is 5. The summed E-state index contributed by atoms with van der Waals surface area (Å²) in [5, 5.41) is 23.2. The monoisotopic (exact) mass is 331 g/mol. The number of carbonyl (C=O) groups is 1. The zero-order valence-electron chi connectivity index (χ0n) is 13.4. The van der Waals surface area contributed by atoms with Crippen molar-refractivity contribution in [3.63, 3.8) is 0 Å². The molecule has 1 saturated carbocycles. The Hall–Kier alpha value is -2.44. The first-order chi connectivity index (χ1) is 11.6. The molecular formula is C17H21N3O4. The first-order valence-electron chi connectivity index (χ1n) is 8.38. The molecule has 0 spiro atoms. The van der Waals surface area contributed by atoms with E-state index < -0.39 is 5.97 Å². The highest BCUT2D eigenvalue weighted by atomic mass is 16.4. The number of aliphatic hydroxyl groups is 1. The molecule has 0 unspecified atom stereocenters. The fourth-order valence-corrected chi connectivity index (χ4v) is 3.47. The number of hydrogen-bond donors (Lipinski definition) is 2. The molecule has 7 heteroatoms. The van der Waals surface area contributed by atoms with E-state index in [0.717, 1.165) is 31.4 Å². The molecule has 2 heterocycles. The molecule has 0 aromatic carbocycles. The Bertz CT molecular complexity index is 851. The third kappa shape index (κ3) is 3.25. The quantitative estimate of drug-likeness (QED) is 0.827. The van der Waals surface area contributed by atoms with Gasteiger partial charge in [0.2, 0.25) is 0 Å². The fourth-order valence-electron chi connectivity index (χ4n) is 3.47. The Labute approximate surface area is 138 Å². The highest BCUT2D eigenvalue weighted by Crippen LogP contribution is 2.30. The number of carboxylic acids is 1. The maximum absolute atomic E-state index is 12.6. The van der Waals surface area contributed by atoms with Crippen LogP contribution in [0.4, 0.5) is 0 Å². The van der Waals surface area contributed by atoms with Gasteiger partial charge in [-0.15, -0.1) is 0 Å². The van der Waals surface area contributed by atoms with Gasteiger partial charge in [0.15, 0.2) is 11.1 Å². The smallest absolute Gasteiger partial charge is 0.303 e. The van der Waals surface area contributed by atoms with E-state index in [4.69, 9.17) is 5.11 Å². The van der Waals surface area contributed by atoms with Crippen molar-refractivity contribution in [3.05, 3.63) is 33.5 Å². The van der Waals surface area contributed by atoms with Gasteiger partial charge >= 0.3 is 5.97 Å². The van der Waals surface area contributed by atoms with Crippen molar-refractivity contribution in [1.29, 1.82) is 0 Å². The minimum Gasteiger partial charge on any atom is -0.511 e. The minimum absolute atomic E-state index is 0.0612. The van der Waals surface area contributed by atoms with Crippen LogP contribution in [0.15, 0.2) is 17.2 Å². The summed E-state index contributed by atoms with van der Waals surface area (Å²) in [7, 11) is 0. The lowest BCUT2D eigenvalue weighted by Crippen LogP contribution is -2.31. The number of aliphatic carboxylic acids is 1. The molecule has 2 N–H and O–H groups in total. The van der Waals surface area contributed by atoms with Crippen LogP contribution in [0.25, 0.3) is 11.4 Å². The SMILES string of the molecule is O=C(O)CCC(O)=c1c(=O)cc(C2CCCCCC2)n2ncnc12. The summed E-state index contributed by atoms with van der Waals surface area (Å²) in [6.07, 6.45) is 7.74. The van der Waals surface area contributed by atoms with E-state index >= 15 is 0 Å². The number of fused-ring (bicyclic) bond motifs is 1. The van der Waals surface area contributed by atoms with E-state index in [1.807, 2.05) is 0 Å². The number of carboxylic acid groups (broad SMARTS) is 1. The second-order valence-corrected chi connectivity index (χ2v) is 6.33. The molecule has 0 saturated heterocycles. The van der Waals surface area contributed by atoms with Crippen molar-refractivity contribution in [2.45, 2.75) is 57.3 Å². The summed E-state index contributed by atoms with van der Waals surface area (Å²) in [4.78, 5) is 27.4. The van der Waals surface area contributed by atoms with Gasteiger partial charge in [-0.2, -0.15) is 5.10 Å². The number of pyridine rings is 1. The molecule has 3 rings (SSSR count). The second-order valence-electron chi connectivity index (χ2n) is 6.33. The van der Waals surface area contributed by atoms with E-state index in [9.17, 15) is 14.7 Å². The van der Waals surface area contributed by atoms with Gasteiger partial charge in [-0.1, -0.05) is 25.7 Å². The normalized spacial score (nSPS) is 17.7. The Balaban J connectivity index is 2.11. The third-order valence-electron chi connectivity index (χ3n) is 4.68. The highest BCUT2D eigenvalue weighted by Gasteiger charge is 2.20. The molecule has 2 aromatic rings. The van der Waals surface area contributed by atoms with Gasteiger partial charge < -0.3 is 10.2 Å². The lowest BCUT2D eigenvalue weighted by Gasteiger charge is -2.15. The predicted octanol–water partition coefficient (Wildman–Crippen LogP) is 1.78. The summed E-state index contributed by atoms with van der Waals surface area (Å²) >= 11 is 0. The summed E-state index contributed by atoms with van der Waals surface area (Å²) in [5.74, 6) is -1.01. The molecule has 0 aliphatic heterocycles. The summed E-state index contributed by atoms with van der Waals surface area (Å²) in [6, 6.07) is 1.53. The Morgan fingerprint density at radius 2 is 1.88 bits per heavy atom. The molecule has 1 fully saturated rings. The fraction of sp³-hybridized carbons (Fsp3) is 0.529. The first kappa shape index (κ1) is 16.4. The van der Waals surface area contributed by atoms with Crippen molar-refractivity contribution >= 4 is 17.4 Å². The Morgan fingerprint density at radius 1 is 1.17 bits per heavy atom. The molecule has 2 aromatic heterocycles. The van der Waals surface area contributed by atoms with Crippen molar-refractivity contribution in [1.82, 2.24) is 14.6 Å². The van der Waals surface area contributed by atoms with Crippen LogP contribution < -0.4 is 10.6 Å². The van der Waals surface area contributed by atoms with Gasteiger partial charge in [-0.25, -0.2) is 9.50 Å². The average molecular weight is 331 g/mol. The molecule has 0 amide bonds. The first-order valence-corrected chi connectivity index (χ1v) is 8.38. The standard InChI is InChI=1S/C17H21N3O4/c21-13(7-8-15(23)24)16-14(22)9-12(20-17(16)18-10-19-20)11-5-3-1-2-4-6-11/h9-11,21H,1-8H2,(H,23,24). The third-order valence-corrected chi connectivity index (χ3v) is 4.68. The average Bonchev–Trinajstić information content (AvgIpc) is 2.86. The molecule has 7 nitrogen and oxygen atoms in total. The van der Waals surface area contributed by atoms with E-state index in [-0.39, 0.29) is 35.2 Å². The van der Waals surface area contributed by atoms with Crippen molar-refractivity contribution in [2.24, 2.45) is 0 Å². The van der Waals surface area contributed by atoms with Crippen LogP contribution >= 0.6 is 0 Å². The minimum atomic E-state index is -1.03. The highest BCUT2D eigenvalue weighted by molar-refractivity contribution is 5.68. The van der Waals surface area contributed by atoms with E-state index in [0.29, 0.717) is 5.65 Å². The molecule has 0 radical (unpaired) electrons. The Kier molecular flexibility index (Phi) is 4.78. The van der Waals surface area contributed by atoms with Crippen LogP contribution in [-0.4, -0.2) is 30.8 Å². The zero-order valence-corrected chi connectivity index (χ0v) is 13.4. The lowest BCUT2D eigenvalue weighted by atomic mass is 9.95. The van der Waals surface area contributed by atoms with Crippen LogP contribution in [0.5, 0.6) is 0 Å². The largest absolute Gasteiger partial charge is 0.511 e. The van der Waals surface area contributed by atoms with Crippen molar-refractivity contribution in [3.8, 4) is 0 Å². The number of aromatic nitrogens is 3. The molecule has 0 atom stereocenters. The summed E-state index contributed by atoms with van der Waals surface area (Å²) in [6.45, 7) is 0. The molecule has 1 aliphatic rings. The molecular weight excluding hydrogens is 310 g/mol. The van der Waals surface area contributed by atoms with Gasteiger partial charge in [0.25, 0.3) is 0 Å². The number of aliphatic hydroxyl groups excluding tert-OH is 1. The summed E-state index contributed by atoms with van der Waals surface area (Å²) < 4.78 is 1.63. The van der Waals surface area contributed by atoms with Crippen LogP contribution in [0.2, 0.25) is 0 Å². The van der Waals surface area contributed by atoms with E-state index in [2.05, 4.69) is 10.1 Å². The maximum atomic E-state index is 12.6. The lowest BCUT2D eigenvalue weighted by molar-refractivity contribution is -0.136. The van der Waals surface area contributed by atoms with E-state index in [1.165, 1.54) is 25.2 Å². The molecule has 128 valence electrons. The van der Waals surface area contributed by atoms with Gasteiger partial charge in [0, 0.05) is 18.4 Å². The molecule has 0 bridgehead atoms. The van der Waals surface area contributed by atoms with Crippen molar-refractivity contribution < 1.29 is 15.0 Å². The zero-order chi connectivity index (χ0) is 17.1.